The summed E-state index contributed by atoms with van der Waals surface area (Å²) in [4.78, 5) is 0. The number of hydrazine groups is 1. The Morgan fingerprint density at radius 2 is 2.10 bits per heavy atom. The molecule has 9 nitrogen and oxygen atoms in total. The number of nitrogens with zero attached hydrogens (tertiary/aromatic N) is 3. The fourth-order valence-corrected chi connectivity index (χ4v) is 4.51. The zero-order valence-electron chi connectivity index (χ0n) is 20.3. The van der Waals surface area contributed by atoms with Gasteiger partial charge in [-0.2, -0.15) is 5.11 Å². The molecule has 1 aliphatic rings. The van der Waals surface area contributed by atoms with Crippen LogP contribution in [0.25, 0.3) is 0 Å². The maximum absolute atomic E-state index is 10.1. The van der Waals surface area contributed by atoms with Gasteiger partial charge in [0.15, 0.2) is 0 Å². The molecule has 0 bridgehead atoms. The maximum Gasteiger partial charge on any atom is 0.235 e. The van der Waals surface area contributed by atoms with E-state index in [1.54, 1.807) is 13.3 Å². The van der Waals surface area contributed by atoms with Crippen LogP contribution in [0.1, 0.15) is 60.3 Å². The summed E-state index contributed by atoms with van der Waals surface area (Å²) in [5.74, 6) is 0.390. The first-order valence-electron chi connectivity index (χ1n) is 11.0. The van der Waals surface area contributed by atoms with Gasteiger partial charge in [-0.1, -0.05) is 13.5 Å². The quantitative estimate of drug-likeness (QED) is 0.111. The molecule has 0 amide bonds. The van der Waals surface area contributed by atoms with Crippen LogP contribution in [0.5, 0.6) is 0 Å². The van der Waals surface area contributed by atoms with Gasteiger partial charge in [-0.15, -0.1) is 5.11 Å². The lowest BCUT2D eigenvalue weighted by Crippen LogP contribution is -2.70. The second kappa shape index (κ2) is 12.2. The minimum Gasteiger partial charge on any atom is -0.513 e. The number of azo groups is 1. The summed E-state index contributed by atoms with van der Waals surface area (Å²) in [6.45, 7) is 14.6. The van der Waals surface area contributed by atoms with Crippen LogP contribution in [0.4, 0.5) is 0 Å². The Kier molecular flexibility index (Phi) is 10.6. The van der Waals surface area contributed by atoms with Gasteiger partial charge < -0.3 is 25.9 Å². The minimum atomic E-state index is -0.241. The van der Waals surface area contributed by atoms with Crippen molar-refractivity contribution in [2.75, 3.05) is 20.7 Å². The molecule has 0 aliphatic carbocycles. The molecule has 0 spiro atoms. The van der Waals surface area contributed by atoms with E-state index in [1.807, 2.05) is 25.1 Å². The number of aliphatic hydroxyl groups excluding tert-OH is 1. The predicted molar refractivity (Wildman–Crippen MR) is 126 cm³/mol. The minimum absolute atomic E-state index is 0.0192. The van der Waals surface area contributed by atoms with Crippen molar-refractivity contribution in [2.24, 2.45) is 10.2 Å². The third-order valence-corrected chi connectivity index (χ3v) is 5.50. The molecule has 1 heterocycles. The van der Waals surface area contributed by atoms with E-state index in [-0.39, 0.29) is 35.2 Å². The molecule has 1 rings (SSSR count). The largest absolute Gasteiger partial charge is 0.513 e. The van der Waals surface area contributed by atoms with Gasteiger partial charge in [0.25, 0.3) is 0 Å². The topological polar surface area (TPSA) is 117 Å². The van der Waals surface area contributed by atoms with Crippen LogP contribution < -0.4 is 16.1 Å². The van der Waals surface area contributed by atoms with E-state index < -0.39 is 0 Å². The van der Waals surface area contributed by atoms with Crippen molar-refractivity contribution in [1.29, 1.82) is 5.41 Å². The molecule has 178 valence electrons. The molecule has 0 aromatic heterocycles. The fraction of sp³-hybridized carbons (Fsp3) is 0.773. The molecule has 0 aromatic rings. The van der Waals surface area contributed by atoms with Crippen LogP contribution in [-0.2, 0) is 4.74 Å². The smallest absolute Gasteiger partial charge is 0.235 e. The van der Waals surface area contributed by atoms with E-state index in [0.717, 1.165) is 12.8 Å². The molecule has 0 saturated carbocycles. The Bertz CT molecular complexity index is 646. The number of hydrogen-bond donors (Lipinski definition) is 5. The lowest BCUT2D eigenvalue weighted by molar-refractivity contribution is -0.0378. The number of piperidine rings is 1. The Morgan fingerprint density at radius 1 is 1.42 bits per heavy atom. The average Bonchev–Trinajstić information content (AvgIpc) is 2.62. The monoisotopic (exact) mass is 437 g/mol. The summed E-state index contributed by atoms with van der Waals surface area (Å²) in [6.07, 6.45) is 6.07. The van der Waals surface area contributed by atoms with Gasteiger partial charge in [-0.25, -0.2) is 5.01 Å². The number of ether oxygens (including phenoxy) is 1. The van der Waals surface area contributed by atoms with Crippen LogP contribution in [0.2, 0.25) is 0 Å². The second-order valence-electron chi connectivity index (χ2n) is 9.35. The van der Waals surface area contributed by atoms with E-state index in [4.69, 9.17) is 10.1 Å². The van der Waals surface area contributed by atoms with Crippen molar-refractivity contribution in [2.45, 2.75) is 89.6 Å². The van der Waals surface area contributed by atoms with E-state index in [0.29, 0.717) is 25.1 Å². The zero-order chi connectivity index (χ0) is 23.7. The molecule has 1 fully saturated rings. The molecule has 1 unspecified atom stereocenters. The number of methoxy groups -OCH3 is 1. The summed E-state index contributed by atoms with van der Waals surface area (Å²) >= 11 is 0. The maximum atomic E-state index is 10.1. The normalized spacial score (nSPS) is 24.2. The fourth-order valence-electron chi connectivity index (χ4n) is 4.51. The number of rotatable bonds is 11. The zero-order valence-corrected chi connectivity index (χ0v) is 20.3. The first-order valence-corrected chi connectivity index (χ1v) is 11.0. The van der Waals surface area contributed by atoms with Gasteiger partial charge in [-0.3, -0.25) is 5.41 Å². The number of hydrogen-bond acceptors (Lipinski definition) is 7. The highest BCUT2D eigenvalue weighted by atomic mass is 16.5. The van der Waals surface area contributed by atoms with Crippen molar-refractivity contribution in [1.82, 2.24) is 21.1 Å². The molecule has 1 saturated heterocycles. The van der Waals surface area contributed by atoms with Gasteiger partial charge in [0, 0.05) is 43.9 Å². The highest BCUT2D eigenvalue weighted by Crippen LogP contribution is 2.30. The molecular formula is C22H43N7O2. The molecule has 31 heavy (non-hydrogen) atoms. The van der Waals surface area contributed by atoms with E-state index >= 15 is 0 Å². The van der Waals surface area contributed by atoms with Crippen molar-refractivity contribution < 1.29 is 9.84 Å². The first-order chi connectivity index (χ1) is 14.5. The van der Waals surface area contributed by atoms with Crippen LogP contribution in [0.3, 0.4) is 0 Å². The Labute approximate surface area is 187 Å². The summed E-state index contributed by atoms with van der Waals surface area (Å²) in [5, 5.41) is 35.2. The van der Waals surface area contributed by atoms with E-state index in [2.05, 4.69) is 60.6 Å². The molecule has 9 heteroatoms. The van der Waals surface area contributed by atoms with Gasteiger partial charge in [0.05, 0.1) is 24.4 Å². The summed E-state index contributed by atoms with van der Waals surface area (Å²) in [5.41, 5.74) is 2.71. The highest BCUT2D eigenvalue weighted by molar-refractivity contribution is 5.77. The lowest BCUT2D eigenvalue weighted by atomic mass is 9.77. The van der Waals surface area contributed by atoms with Gasteiger partial charge in [0.2, 0.25) is 5.96 Å². The summed E-state index contributed by atoms with van der Waals surface area (Å²) in [6, 6.07) is -0.0275. The van der Waals surface area contributed by atoms with E-state index in [1.165, 1.54) is 0 Å². The second-order valence-corrected chi connectivity index (χ2v) is 9.35. The van der Waals surface area contributed by atoms with Crippen molar-refractivity contribution in [3.63, 3.8) is 0 Å². The summed E-state index contributed by atoms with van der Waals surface area (Å²) in [7, 11) is 3.60. The number of allylic oxidation sites excluding steroid dienone is 1. The average molecular weight is 438 g/mol. The SMILES string of the molecule is C=CNN(C)C(CC/N=N\C(=N)N[C@H]1CC(C)(C)NC(C)(C)[C@H]1OC)C/C(O)=C\CC. The van der Waals surface area contributed by atoms with E-state index in [9.17, 15) is 5.11 Å². The molecule has 5 N–H and O–H groups in total. The van der Waals surface area contributed by atoms with Crippen LogP contribution in [0.15, 0.2) is 34.8 Å². The third-order valence-electron chi connectivity index (χ3n) is 5.50. The van der Waals surface area contributed by atoms with Gasteiger partial charge in [-0.05, 0) is 53.0 Å². The van der Waals surface area contributed by atoms with Crippen LogP contribution in [-0.4, -0.2) is 66.0 Å². The number of nitrogens with one attached hydrogen (secondary N) is 4. The number of aliphatic hydroxyl groups is 1. The van der Waals surface area contributed by atoms with Crippen LogP contribution in [0, 0.1) is 5.41 Å². The van der Waals surface area contributed by atoms with Crippen molar-refractivity contribution in [3.8, 4) is 0 Å². The highest BCUT2D eigenvalue weighted by Gasteiger charge is 2.46. The number of guanidine groups is 1. The first kappa shape index (κ1) is 27.1. The standard InChI is InChI=1S/C22H43N7O2/c1-9-11-17(30)14-16(29(7)25-10-2)12-13-24-27-20(23)26-18-15-21(3,4)28-22(5,6)19(18)31-8/h10-11,16,18-19,25,28,30H,2,9,12-15H2,1,3-8H3,(H2,23,26)/b17-11+,27-24-/t16?,18-,19-/m0/s1. The summed E-state index contributed by atoms with van der Waals surface area (Å²) < 4.78 is 5.73. The Hall–Kier alpha value is -1.97. The molecular weight excluding hydrogens is 394 g/mol. The Morgan fingerprint density at radius 3 is 2.68 bits per heavy atom. The van der Waals surface area contributed by atoms with Crippen LogP contribution >= 0.6 is 0 Å². The Balaban J connectivity index is 2.68. The van der Waals surface area contributed by atoms with Gasteiger partial charge in [0.1, 0.15) is 0 Å². The molecule has 0 radical (unpaired) electrons. The van der Waals surface area contributed by atoms with Crippen molar-refractivity contribution in [3.05, 3.63) is 24.6 Å². The van der Waals surface area contributed by atoms with Crippen molar-refractivity contribution >= 4 is 5.96 Å². The molecule has 1 aliphatic heterocycles. The third kappa shape index (κ3) is 8.96. The predicted octanol–water partition coefficient (Wildman–Crippen LogP) is 3.48. The molecule has 3 atom stereocenters. The van der Waals surface area contributed by atoms with Gasteiger partial charge >= 0.3 is 0 Å². The lowest BCUT2D eigenvalue weighted by Gasteiger charge is -2.51. The molecule has 0 aromatic carbocycles.